The van der Waals surface area contributed by atoms with Crippen molar-refractivity contribution in [3.63, 3.8) is 0 Å². The van der Waals surface area contributed by atoms with Crippen molar-refractivity contribution >= 4 is 74.3 Å². The Morgan fingerprint density at radius 2 is 2.27 bits per heavy atom. The molecule has 1 aromatic carbocycles. The highest BCUT2D eigenvalue weighted by Crippen LogP contribution is 2.34. The van der Waals surface area contributed by atoms with Gasteiger partial charge in [-0.25, -0.2) is 4.98 Å². The molecule has 0 saturated carbocycles. The van der Waals surface area contributed by atoms with Crippen molar-refractivity contribution in [2.75, 3.05) is 11.9 Å². The van der Waals surface area contributed by atoms with Crippen molar-refractivity contribution in [3.8, 4) is 5.75 Å². The lowest BCUT2D eigenvalue weighted by Gasteiger charge is -2.13. The predicted molar refractivity (Wildman–Crippen MR) is 108 cm³/mol. The number of halogens is 1. The number of phenolic OH excluding ortho intramolecular Hbond substituents is 1. The molecule has 0 spiro atoms. The zero-order chi connectivity index (χ0) is 18.7. The number of carbonyl (C=O) groups excluding carboxylic acids is 2. The van der Waals surface area contributed by atoms with Crippen molar-refractivity contribution < 1.29 is 14.7 Å². The third-order valence-electron chi connectivity index (χ3n) is 3.39. The second-order valence-electron chi connectivity index (χ2n) is 5.17. The Bertz CT molecular complexity index is 899. The second kappa shape index (κ2) is 8.17. The van der Waals surface area contributed by atoms with E-state index in [1.165, 1.54) is 28.4 Å². The van der Waals surface area contributed by atoms with E-state index in [-0.39, 0.29) is 30.5 Å². The van der Waals surface area contributed by atoms with Crippen LogP contribution < -0.4 is 5.32 Å². The molecule has 134 valence electrons. The smallest absolute Gasteiger partial charge is 0.266 e. The molecular formula is C16H12ClN3O3S3. The SMILES string of the molecule is O=C(CCN1C(=O)/C(=C/c2cc(Cl)ccc2O)SC1=S)Nc1nccs1. The van der Waals surface area contributed by atoms with Gasteiger partial charge in [-0.2, -0.15) is 0 Å². The number of aromatic nitrogens is 1. The Labute approximate surface area is 167 Å². The first-order valence-corrected chi connectivity index (χ1v) is 9.85. The Hall–Kier alpha value is -1.94. The average molecular weight is 426 g/mol. The van der Waals surface area contributed by atoms with Crippen molar-refractivity contribution in [1.29, 1.82) is 0 Å². The van der Waals surface area contributed by atoms with E-state index in [0.717, 1.165) is 11.8 Å². The molecule has 2 N–H and O–H groups in total. The number of hydrogen-bond donors (Lipinski definition) is 2. The molecule has 1 aliphatic heterocycles. The van der Waals surface area contributed by atoms with Gasteiger partial charge in [0, 0.05) is 35.1 Å². The van der Waals surface area contributed by atoms with Crippen molar-refractivity contribution in [3.05, 3.63) is 45.3 Å². The minimum atomic E-state index is -0.304. The summed E-state index contributed by atoms with van der Waals surface area (Å²) in [5.74, 6) is -0.533. The van der Waals surface area contributed by atoms with Crippen molar-refractivity contribution in [2.45, 2.75) is 6.42 Å². The van der Waals surface area contributed by atoms with Gasteiger partial charge in [0.15, 0.2) is 5.13 Å². The highest BCUT2D eigenvalue weighted by Gasteiger charge is 2.32. The lowest BCUT2D eigenvalue weighted by Crippen LogP contribution is -2.31. The molecule has 10 heteroatoms. The summed E-state index contributed by atoms with van der Waals surface area (Å²) in [7, 11) is 0. The number of benzene rings is 1. The van der Waals surface area contributed by atoms with Crippen LogP contribution >= 0.6 is 46.9 Å². The molecule has 3 rings (SSSR count). The van der Waals surface area contributed by atoms with E-state index in [1.807, 2.05) is 0 Å². The van der Waals surface area contributed by atoms with Gasteiger partial charge in [0.25, 0.3) is 5.91 Å². The molecular weight excluding hydrogens is 414 g/mol. The Morgan fingerprint density at radius 3 is 3.00 bits per heavy atom. The van der Waals surface area contributed by atoms with Gasteiger partial charge in [-0.3, -0.25) is 14.5 Å². The molecule has 2 heterocycles. The number of anilines is 1. The Balaban J connectivity index is 1.66. The molecule has 0 radical (unpaired) electrons. The normalized spacial score (nSPS) is 15.7. The molecule has 6 nitrogen and oxygen atoms in total. The van der Waals surface area contributed by atoms with Crippen LogP contribution in [0, 0.1) is 0 Å². The summed E-state index contributed by atoms with van der Waals surface area (Å²) < 4.78 is 0.366. The predicted octanol–water partition coefficient (Wildman–Crippen LogP) is 3.73. The monoisotopic (exact) mass is 425 g/mol. The van der Waals surface area contributed by atoms with Crippen LogP contribution in [0.15, 0.2) is 34.7 Å². The van der Waals surface area contributed by atoms with Crippen LogP contribution in [0.4, 0.5) is 5.13 Å². The molecule has 1 saturated heterocycles. The third kappa shape index (κ3) is 4.42. The summed E-state index contributed by atoms with van der Waals surface area (Å²) in [6.45, 7) is 0.167. The Morgan fingerprint density at radius 1 is 1.46 bits per heavy atom. The Kier molecular flexibility index (Phi) is 5.92. The van der Waals surface area contributed by atoms with E-state index < -0.39 is 0 Å². The second-order valence-corrected chi connectivity index (χ2v) is 8.18. The third-order valence-corrected chi connectivity index (χ3v) is 5.69. The first-order valence-electron chi connectivity index (χ1n) is 7.37. The van der Waals surface area contributed by atoms with Gasteiger partial charge in [0.2, 0.25) is 5.91 Å². The zero-order valence-electron chi connectivity index (χ0n) is 13.1. The van der Waals surface area contributed by atoms with Crippen LogP contribution in [0.1, 0.15) is 12.0 Å². The topological polar surface area (TPSA) is 82.5 Å². The van der Waals surface area contributed by atoms with Gasteiger partial charge in [-0.1, -0.05) is 35.6 Å². The van der Waals surface area contributed by atoms with Gasteiger partial charge in [0.1, 0.15) is 10.1 Å². The summed E-state index contributed by atoms with van der Waals surface area (Å²) in [6, 6.07) is 4.57. The van der Waals surface area contributed by atoms with Gasteiger partial charge in [0.05, 0.1) is 4.91 Å². The van der Waals surface area contributed by atoms with Crippen LogP contribution in [0.3, 0.4) is 0 Å². The summed E-state index contributed by atoms with van der Waals surface area (Å²) in [6.07, 6.45) is 3.23. The fraction of sp³-hybridized carbons (Fsp3) is 0.125. The van der Waals surface area contributed by atoms with Crippen LogP contribution in [0.2, 0.25) is 5.02 Å². The molecule has 0 bridgehead atoms. The quantitative estimate of drug-likeness (QED) is 0.561. The fourth-order valence-corrected chi connectivity index (χ4v) is 4.18. The highest BCUT2D eigenvalue weighted by atomic mass is 35.5. The molecule has 2 amide bonds. The minimum absolute atomic E-state index is 0.0162. The number of rotatable bonds is 5. The van der Waals surface area contributed by atoms with Gasteiger partial charge >= 0.3 is 0 Å². The minimum Gasteiger partial charge on any atom is -0.507 e. The summed E-state index contributed by atoms with van der Waals surface area (Å²) >= 11 is 13.6. The zero-order valence-corrected chi connectivity index (χ0v) is 16.3. The fourth-order valence-electron chi connectivity index (χ4n) is 2.16. The van der Waals surface area contributed by atoms with E-state index in [1.54, 1.807) is 23.7 Å². The standard InChI is InChI=1S/C16H12ClN3O3S3/c17-10-1-2-11(21)9(7-10)8-12-14(23)20(16(24)26-12)5-3-13(22)19-15-18-4-6-25-15/h1-2,4,6-8,21H,3,5H2,(H,18,19,22)/b12-8-. The van der Waals surface area contributed by atoms with Crippen LogP contribution in [0.5, 0.6) is 5.75 Å². The lowest BCUT2D eigenvalue weighted by molar-refractivity contribution is -0.122. The summed E-state index contributed by atoms with van der Waals surface area (Å²) in [4.78, 5) is 30.2. The number of nitrogens with one attached hydrogen (secondary N) is 1. The highest BCUT2D eigenvalue weighted by molar-refractivity contribution is 8.26. The molecule has 1 fully saturated rings. The van der Waals surface area contributed by atoms with Crippen LogP contribution in [-0.4, -0.2) is 37.7 Å². The van der Waals surface area contributed by atoms with E-state index in [9.17, 15) is 14.7 Å². The molecule has 1 aromatic heterocycles. The summed E-state index contributed by atoms with van der Waals surface area (Å²) in [5, 5.41) is 15.3. The maximum absolute atomic E-state index is 12.5. The van der Waals surface area contributed by atoms with Crippen molar-refractivity contribution in [2.24, 2.45) is 0 Å². The molecule has 0 unspecified atom stereocenters. The molecule has 2 aromatic rings. The number of aromatic hydroxyl groups is 1. The first kappa shape index (κ1) is 18.8. The number of thiocarbonyl (C=S) groups is 1. The number of nitrogens with zero attached hydrogens (tertiary/aromatic N) is 2. The largest absolute Gasteiger partial charge is 0.507 e. The first-order chi connectivity index (χ1) is 12.4. The van der Waals surface area contributed by atoms with Crippen LogP contribution in [-0.2, 0) is 9.59 Å². The lowest BCUT2D eigenvalue weighted by atomic mass is 10.2. The van der Waals surface area contributed by atoms with E-state index in [4.69, 9.17) is 23.8 Å². The van der Waals surface area contributed by atoms with Crippen LogP contribution in [0.25, 0.3) is 6.08 Å². The molecule has 26 heavy (non-hydrogen) atoms. The van der Waals surface area contributed by atoms with E-state index >= 15 is 0 Å². The van der Waals surface area contributed by atoms with E-state index in [2.05, 4.69) is 10.3 Å². The summed E-state index contributed by atoms with van der Waals surface area (Å²) in [5.41, 5.74) is 0.430. The number of thiazole rings is 1. The maximum atomic E-state index is 12.5. The number of amides is 2. The van der Waals surface area contributed by atoms with E-state index in [0.29, 0.717) is 24.9 Å². The average Bonchev–Trinajstić information content (AvgIpc) is 3.18. The number of thioether (sulfide) groups is 1. The maximum Gasteiger partial charge on any atom is 0.266 e. The van der Waals surface area contributed by atoms with Crippen molar-refractivity contribution in [1.82, 2.24) is 9.88 Å². The molecule has 0 aliphatic carbocycles. The number of phenols is 1. The van der Waals surface area contributed by atoms with Gasteiger partial charge < -0.3 is 10.4 Å². The van der Waals surface area contributed by atoms with Gasteiger partial charge in [-0.05, 0) is 24.3 Å². The molecule has 1 aliphatic rings. The number of hydrogen-bond acceptors (Lipinski definition) is 7. The van der Waals surface area contributed by atoms with Gasteiger partial charge in [-0.15, -0.1) is 11.3 Å². The molecule has 0 atom stereocenters. The number of carbonyl (C=O) groups is 2.